The van der Waals surface area contributed by atoms with E-state index in [1.807, 2.05) is 43.3 Å². The van der Waals surface area contributed by atoms with Crippen molar-refractivity contribution >= 4 is 33.8 Å². The summed E-state index contributed by atoms with van der Waals surface area (Å²) < 4.78 is 6.15. The number of hydrogen-bond donors (Lipinski definition) is 1. The number of nitrogens with two attached hydrogens (primary N) is 1. The van der Waals surface area contributed by atoms with Crippen LogP contribution in [0.25, 0.3) is 44.4 Å². The molecule has 0 radical (unpaired) electrons. The van der Waals surface area contributed by atoms with E-state index in [1.165, 1.54) is 0 Å². The van der Waals surface area contributed by atoms with E-state index in [0.29, 0.717) is 22.5 Å². The number of nitrogen functional groups attached to an aromatic ring is 1. The normalized spacial score (nSPS) is 11.4. The van der Waals surface area contributed by atoms with Crippen LogP contribution in [0.15, 0.2) is 133 Å². The highest BCUT2D eigenvalue weighted by Crippen LogP contribution is 2.48. The predicted octanol–water partition coefficient (Wildman–Crippen LogP) is 9.97. The SMILES string of the molecule is Cc1ccc2c(c1)Oc1nc(N)c(C#N)c3nc(-c4ccc(-c5ccc(N(c6ccccc6)c6ccccc6)cc5)cc4)cc-2c13. The molecule has 0 bridgehead atoms. The maximum atomic E-state index is 9.97. The maximum absolute atomic E-state index is 9.97. The number of rotatable bonds is 5. The molecule has 1 aliphatic rings. The maximum Gasteiger partial charge on any atom is 0.231 e. The van der Waals surface area contributed by atoms with Crippen molar-refractivity contribution in [3.8, 4) is 51.2 Å². The molecule has 0 atom stereocenters. The van der Waals surface area contributed by atoms with Gasteiger partial charge in [-0.25, -0.2) is 4.98 Å². The van der Waals surface area contributed by atoms with Crippen LogP contribution in [0, 0.1) is 18.3 Å². The third-order valence-corrected chi connectivity index (χ3v) is 8.36. The Morgan fingerprint density at radius 1 is 0.652 bits per heavy atom. The Morgan fingerprint density at radius 2 is 1.24 bits per heavy atom. The highest BCUT2D eigenvalue weighted by atomic mass is 16.5. The first-order valence-corrected chi connectivity index (χ1v) is 15.0. The first kappa shape index (κ1) is 27.1. The second-order valence-corrected chi connectivity index (χ2v) is 11.3. The molecule has 2 aromatic heterocycles. The van der Waals surface area contributed by atoms with Gasteiger partial charge in [0.05, 0.1) is 16.6 Å². The van der Waals surface area contributed by atoms with Crippen molar-refractivity contribution in [1.82, 2.24) is 9.97 Å². The lowest BCUT2D eigenvalue weighted by Crippen LogP contribution is -2.09. The van der Waals surface area contributed by atoms with Crippen LogP contribution < -0.4 is 15.4 Å². The number of aryl methyl sites for hydroxylation is 1. The fourth-order valence-corrected chi connectivity index (χ4v) is 6.11. The van der Waals surface area contributed by atoms with Crippen LogP contribution in [-0.2, 0) is 0 Å². The molecule has 0 saturated heterocycles. The van der Waals surface area contributed by atoms with Gasteiger partial charge in [-0.2, -0.15) is 10.2 Å². The zero-order valence-electron chi connectivity index (χ0n) is 25.0. The molecule has 6 nitrogen and oxygen atoms in total. The highest BCUT2D eigenvalue weighted by molar-refractivity contribution is 6.06. The summed E-state index contributed by atoms with van der Waals surface area (Å²) in [5, 5.41) is 10.7. The van der Waals surface area contributed by atoms with Crippen LogP contribution in [0.3, 0.4) is 0 Å². The van der Waals surface area contributed by atoms with Crippen LogP contribution in [0.2, 0.25) is 0 Å². The Morgan fingerprint density at radius 3 is 1.87 bits per heavy atom. The van der Waals surface area contributed by atoms with Crippen LogP contribution >= 0.6 is 0 Å². The van der Waals surface area contributed by atoms with E-state index in [2.05, 4.69) is 113 Å². The molecule has 6 heteroatoms. The number of aromatic nitrogens is 2. The molecule has 0 amide bonds. The first-order chi connectivity index (χ1) is 22.6. The van der Waals surface area contributed by atoms with E-state index in [4.69, 9.17) is 15.5 Å². The largest absolute Gasteiger partial charge is 0.438 e. The third kappa shape index (κ3) is 4.59. The molecule has 3 heterocycles. The standard InChI is InChI=1S/C40H27N5O/c1-25-12-21-32-33-23-35(43-38-34(24-41)39(42)44-40(37(33)38)46-36(32)22-25)28-15-13-26(14-16-28)27-17-19-31(20-18-27)45(29-8-4-2-5-9-29)30-10-6-3-7-11-30/h2-23H,1H3,(H2,42,44). The zero-order chi connectivity index (χ0) is 31.2. The lowest BCUT2D eigenvalue weighted by molar-refractivity contribution is 0.468. The average molecular weight is 594 g/mol. The zero-order valence-corrected chi connectivity index (χ0v) is 25.0. The van der Waals surface area contributed by atoms with Gasteiger partial charge in [-0.05, 0) is 72.1 Å². The number of benzene rings is 5. The summed E-state index contributed by atoms with van der Waals surface area (Å²) >= 11 is 0. The van der Waals surface area contributed by atoms with E-state index in [1.54, 1.807) is 0 Å². The van der Waals surface area contributed by atoms with Crippen molar-refractivity contribution in [3.05, 3.63) is 145 Å². The second-order valence-electron chi connectivity index (χ2n) is 11.3. The Balaban J connectivity index is 1.17. The monoisotopic (exact) mass is 593 g/mol. The summed E-state index contributed by atoms with van der Waals surface area (Å²) in [5.74, 6) is 1.18. The molecule has 1 aliphatic heterocycles. The fraction of sp³-hybridized carbons (Fsp3) is 0.0250. The summed E-state index contributed by atoms with van der Waals surface area (Å²) in [6.45, 7) is 2.02. The van der Waals surface area contributed by atoms with E-state index in [-0.39, 0.29) is 11.4 Å². The van der Waals surface area contributed by atoms with Crippen molar-refractivity contribution in [2.75, 3.05) is 10.6 Å². The molecule has 5 aromatic carbocycles. The Kier molecular flexibility index (Phi) is 6.44. The van der Waals surface area contributed by atoms with E-state index < -0.39 is 0 Å². The summed E-state index contributed by atoms with van der Waals surface area (Å²) in [6.07, 6.45) is 0. The Bertz CT molecular complexity index is 2250. The molecular weight excluding hydrogens is 566 g/mol. The molecule has 7 aromatic rings. The van der Waals surface area contributed by atoms with Gasteiger partial charge in [-0.1, -0.05) is 84.9 Å². The smallest absolute Gasteiger partial charge is 0.231 e. The number of nitriles is 1. The quantitative estimate of drug-likeness (QED) is 0.214. The van der Waals surface area contributed by atoms with Crippen LogP contribution in [0.5, 0.6) is 11.6 Å². The predicted molar refractivity (Wildman–Crippen MR) is 184 cm³/mol. The molecule has 0 fully saturated rings. The number of fused-ring (bicyclic) bond motifs is 2. The van der Waals surface area contributed by atoms with Gasteiger partial charge in [0.2, 0.25) is 5.88 Å². The van der Waals surface area contributed by atoms with E-state index in [0.717, 1.165) is 56.1 Å². The summed E-state index contributed by atoms with van der Waals surface area (Å²) in [5.41, 5.74) is 17.0. The van der Waals surface area contributed by atoms with E-state index >= 15 is 0 Å². The van der Waals surface area contributed by atoms with Gasteiger partial charge >= 0.3 is 0 Å². The molecule has 46 heavy (non-hydrogen) atoms. The second kappa shape index (κ2) is 10.9. The van der Waals surface area contributed by atoms with Crippen molar-refractivity contribution in [1.29, 1.82) is 5.26 Å². The average Bonchev–Trinajstić information content (AvgIpc) is 3.09. The molecule has 0 unspecified atom stereocenters. The van der Waals surface area contributed by atoms with Crippen molar-refractivity contribution in [2.45, 2.75) is 6.92 Å². The van der Waals surface area contributed by atoms with Gasteiger partial charge in [0.25, 0.3) is 0 Å². The molecule has 2 N–H and O–H groups in total. The number of nitrogens with zero attached hydrogens (tertiary/aromatic N) is 4. The first-order valence-electron chi connectivity index (χ1n) is 15.0. The van der Waals surface area contributed by atoms with Gasteiger partial charge in [-0.15, -0.1) is 0 Å². The number of anilines is 4. The molecule has 218 valence electrons. The highest BCUT2D eigenvalue weighted by Gasteiger charge is 2.26. The van der Waals surface area contributed by atoms with E-state index in [9.17, 15) is 5.26 Å². The van der Waals surface area contributed by atoms with Gasteiger partial charge in [0.15, 0.2) is 0 Å². The lowest BCUT2D eigenvalue weighted by Gasteiger charge is -2.25. The van der Waals surface area contributed by atoms with Crippen molar-refractivity contribution in [2.24, 2.45) is 0 Å². The van der Waals surface area contributed by atoms with Crippen molar-refractivity contribution in [3.63, 3.8) is 0 Å². The molecular formula is C40H27N5O. The van der Waals surface area contributed by atoms with Gasteiger partial charge in [0, 0.05) is 33.8 Å². The minimum Gasteiger partial charge on any atom is -0.438 e. The van der Waals surface area contributed by atoms with Gasteiger partial charge in [-0.3, -0.25) is 0 Å². The lowest BCUT2D eigenvalue weighted by atomic mass is 9.94. The Labute approximate surface area is 266 Å². The van der Waals surface area contributed by atoms with Gasteiger partial charge < -0.3 is 15.4 Å². The Hall–Kier alpha value is -6.45. The van der Waals surface area contributed by atoms with Crippen LogP contribution in [-0.4, -0.2) is 9.97 Å². The molecule has 0 aliphatic carbocycles. The molecule has 0 spiro atoms. The molecule has 0 saturated carbocycles. The summed E-state index contributed by atoms with van der Waals surface area (Å²) in [4.78, 5) is 11.6. The van der Waals surface area contributed by atoms with Crippen LogP contribution in [0.1, 0.15) is 11.1 Å². The minimum atomic E-state index is 0.105. The molecule has 8 rings (SSSR count). The van der Waals surface area contributed by atoms with Crippen LogP contribution in [0.4, 0.5) is 22.9 Å². The summed E-state index contributed by atoms with van der Waals surface area (Å²) in [6, 6.07) is 48.0. The van der Waals surface area contributed by atoms with Gasteiger partial charge in [0.1, 0.15) is 23.2 Å². The number of hydrogen-bond acceptors (Lipinski definition) is 6. The minimum absolute atomic E-state index is 0.105. The third-order valence-electron chi connectivity index (χ3n) is 8.36. The fourth-order valence-electron chi connectivity index (χ4n) is 6.11. The number of ether oxygens (including phenoxy) is 1. The van der Waals surface area contributed by atoms with Crippen molar-refractivity contribution < 1.29 is 4.74 Å². The number of para-hydroxylation sites is 2. The topological polar surface area (TPSA) is 88.1 Å². The summed E-state index contributed by atoms with van der Waals surface area (Å²) in [7, 11) is 0. The number of pyridine rings is 2.